The molecule has 1 aromatic carbocycles. The summed E-state index contributed by atoms with van der Waals surface area (Å²) in [4.78, 5) is 18.7. The average Bonchev–Trinajstić information content (AvgIpc) is 2.56. The highest BCUT2D eigenvalue weighted by Gasteiger charge is 2.24. The van der Waals surface area contributed by atoms with Gasteiger partial charge in [-0.15, -0.1) is 0 Å². The first-order chi connectivity index (χ1) is 9.84. The lowest BCUT2D eigenvalue weighted by Gasteiger charge is -2.31. The van der Waals surface area contributed by atoms with Gasteiger partial charge in [-0.3, -0.25) is 9.78 Å². The molecule has 102 valence electrons. The average molecular weight is 266 g/mol. The van der Waals surface area contributed by atoms with Crippen LogP contribution < -0.4 is 0 Å². The first kappa shape index (κ1) is 12.9. The van der Waals surface area contributed by atoms with E-state index in [0.717, 1.165) is 37.2 Å². The highest BCUT2D eigenvalue weighted by Crippen LogP contribution is 2.27. The van der Waals surface area contributed by atoms with Crippen molar-refractivity contribution < 1.29 is 4.79 Å². The van der Waals surface area contributed by atoms with Gasteiger partial charge in [-0.1, -0.05) is 24.3 Å². The van der Waals surface area contributed by atoms with Crippen LogP contribution in [0.25, 0.3) is 0 Å². The van der Waals surface area contributed by atoms with Gasteiger partial charge < -0.3 is 4.90 Å². The maximum absolute atomic E-state index is 12.4. The number of carbonyl (C=O) groups excluding carboxylic acids is 1. The topological polar surface area (TPSA) is 33.2 Å². The Kier molecular flexibility index (Phi) is 3.77. The Labute approximate surface area is 119 Å². The Morgan fingerprint density at radius 2 is 1.70 bits per heavy atom. The molecule has 3 rings (SSSR count). The summed E-state index contributed by atoms with van der Waals surface area (Å²) in [6, 6.07) is 15.6. The van der Waals surface area contributed by atoms with Crippen LogP contribution in [0.3, 0.4) is 0 Å². The fourth-order valence-electron chi connectivity index (χ4n) is 2.76. The number of hydrogen-bond donors (Lipinski definition) is 0. The molecular formula is C17H18N2O. The first-order valence-corrected chi connectivity index (χ1v) is 7.10. The molecule has 3 heteroatoms. The number of hydrogen-bond acceptors (Lipinski definition) is 2. The lowest BCUT2D eigenvalue weighted by molar-refractivity contribution is 0.0712. The number of likely N-dealkylation sites (tertiary alicyclic amines) is 1. The van der Waals surface area contributed by atoms with E-state index in [0.29, 0.717) is 5.92 Å². The van der Waals surface area contributed by atoms with Crippen LogP contribution in [0.15, 0.2) is 54.7 Å². The van der Waals surface area contributed by atoms with E-state index in [1.807, 2.05) is 53.6 Å². The Hall–Kier alpha value is -2.16. The molecule has 2 aromatic rings. The van der Waals surface area contributed by atoms with Crippen molar-refractivity contribution in [3.63, 3.8) is 0 Å². The Bertz CT molecular complexity index is 560. The highest BCUT2D eigenvalue weighted by atomic mass is 16.2. The molecule has 20 heavy (non-hydrogen) atoms. The predicted octanol–water partition coefficient (Wildman–Crippen LogP) is 3.10. The van der Waals surface area contributed by atoms with Gasteiger partial charge in [-0.05, 0) is 37.1 Å². The van der Waals surface area contributed by atoms with E-state index in [-0.39, 0.29) is 5.91 Å². The van der Waals surface area contributed by atoms with Crippen LogP contribution in [-0.2, 0) is 0 Å². The van der Waals surface area contributed by atoms with E-state index in [2.05, 4.69) is 11.1 Å². The standard InChI is InChI=1S/C17H18N2O/c20-17(15-6-2-1-3-7-15)19-12-9-14(10-13-19)16-8-4-5-11-18-16/h1-8,11,14H,9-10,12-13H2. The van der Waals surface area contributed by atoms with Crippen molar-refractivity contribution in [1.29, 1.82) is 0 Å². The molecule has 1 aliphatic heterocycles. The van der Waals surface area contributed by atoms with Crippen molar-refractivity contribution >= 4 is 5.91 Å². The molecule has 0 atom stereocenters. The molecule has 1 aromatic heterocycles. The van der Waals surface area contributed by atoms with Crippen molar-refractivity contribution in [3.8, 4) is 0 Å². The molecule has 0 N–H and O–H groups in total. The van der Waals surface area contributed by atoms with Gasteiger partial charge >= 0.3 is 0 Å². The minimum atomic E-state index is 0.144. The number of amides is 1. The summed E-state index contributed by atoms with van der Waals surface area (Å²) in [5.41, 5.74) is 1.93. The first-order valence-electron chi connectivity index (χ1n) is 7.10. The summed E-state index contributed by atoms with van der Waals surface area (Å²) < 4.78 is 0. The maximum atomic E-state index is 12.4. The number of piperidine rings is 1. The molecule has 0 aliphatic carbocycles. The van der Waals surface area contributed by atoms with Crippen LogP contribution in [0.1, 0.15) is 34.8 Å². The maximum Gasteiger partial charge on any atom is 0.253 e. The largest absolute Gasteiger partial charge is 0.339 e. The van der Waals surface area contributed by atoms with Gasteiger partial charge in [0.15, 0.2) is 0 Å². The van der Waals surface area contributed by atoms with Crippen molar-refractivity contribution in [2.45, 2.75) is 18.8 Å². The zero-order valence-corrected chi connectivity index (χ0v) is 11.4. The quantitative estimate of drug-likeness (QED) is 0.836. The van der Waals surface area contributed by atoms with E-state index in [9.17, 15) is 4.79 Å². The van der Waals surface area contributed by atoms with Crippen LogP contribution in [0, 0.1) is 0 Å². The van der Waals surface area contributed by atoms with Gasteiger partial charge in [0.2, 0.25) is 0 Å². The van der Waals surface area contributed by atoms with Gasteiger partial charge in [0.1, 0.15) is 0 Å². The summed E-state index contributed by atoms with van der Waals surface area (Å²) in [5, 5.41) is 0. The smallest absolute Gasteiger partial charge is 0.253 e. The summed E-state index contributed by atoms with van der Waals surface area (Å²) in [6.07, 6.45) is 3.84. The Balaban J connectivity index is 1.63. The molecule has 0 unspecified atom stereocenters. The third-order valence-corrected chi connectivity index (χ3v) is 3.91. The van der Waals surface area contributed by atoms with Crippen molar-refractivity contribution in [3.05, 3.63) is 66.0 Å². The molecule has 3 nitrogen and oxygen atoms in total. The summed E-state index contributed by atoms with van der Waals surface area (Å²) >= 11 is 0. The van der Waals surface area contributed by atoms with Gasteiger partial charge in [-0.2, -0.15) is 0 Å². The lowest BCUT2D eigenvalue weighted by Crippen LogP contribution is -2.38. The molecule has 1 fully saturated rings. The summed E-state index contributed by atoms with van der Waals surface area (Å²) in [7, 11) is 0. The zero-order valence-electron chi connectivity index (χ0n) is 11.4. The van der Waals surface area contributed by atoms with Gasteiger partial charge in [-0.25, -0.2) is 0 Å². The fourth-order valence-corrected chi connectivity index (χ4v) is 2.76. The molecule has 0 bridgehead atoms. The van der Waals surface area contributed by atoms with Crippen LogP contribution in [0.5, 0.6) is 0 Å². The third kappa shape index (κ3) is 2.72. The van der Waals surface area contributed by atoms with Crippen LogP contribution in [0.4, 0.5) is 0 Å². The van der Waals surface area contributed by atoms with E-state index in [1.165, 1.54) is 0 Å². The van der Waals surface area contributed by atoms with E-state index in [4.69, 9.17) is 0 Å². The minimum Gasteiger partial charge on any atom is -0.339 e. The van der Waals surface area contributed by atoms with E-state index in [1.54, 1.807) is 0 Å². The highest BCUT2D eigenvalue weighted by molar-refractivity contribution is 5.94. The van der Waals surface area contributed by atoms with Crippen molar-refractivity contribution in [2.24, 2.45) is 0 Å². The number of benzene rings is 1. The second-order valence-electron chi connectivity index (χ2n) is 5.19. The van der Waals surface area contributed by atoms with Gasteiger partial charge in [0, 0.05) is 36.5 Å². The molecule has 1 amide bonds. The van der Waals surface area contributed by atoms with E-state index >= 15 is 0 Å². The second kappa shape index (κ2) is 5.87. The van der Waals surface area contributed by atoms with Crippen molar-refractivity contribution in [1.82, 2.24) is 9.88 Å². The van der Waals surface area contributed by atoms with E-state index < -0.39 is 0 Å². The Morgan fingerprint density at radius 1 is 1.00 bits per heavy atom. The molecular weight excluding hydrogens is 248 g/mol. The van der Waals surface area contributed by atoms with Crippen LogP contribution in [-0.4, -0.2) is 28.9 Å². The summed E-state index contributed by atoms with van der Waals surface area (Å²) in [5.74, 6) is 0.626. The molecule has 0 radical (unpaired) electrons. The van der Waals surface area contributed by atoms with Crippen LogP contribution >= 0.6 is 0 Å². The van der Waals surface area contributed by atoms with Gasteiger partial charge in [0.05, 0.1) is 0 Å². The predicted molar refractivity (Wildman–Crippen MR) is 78.6 cm³/mol. The SMILES string of the molecule is O=C(c1ccccc1)N1CCC(c2ccccn2)CC1. The lowest BCUT2D eigenvalue weighted by atomic mass is 9.93. The monoisotopic (exact) mass is 266 g/mol. The molecule has 0 saturated carbocycles. The number of aromatic nitrogens is 1. The summed E-state index contributed by atoms with van der Waals surface area (Å²) in [6.45, 7) is 1.63. The fraction of sp³-hybridized carbons (Fsp3) is 0.294. The second-order valence-corrected chi connectivity index (χ2v) is 5.19. The van der Waals surface area contributed by atoms with Crippen LogP contribution in [0.2, 0.25) is 0 Å². The normalized spacial score (nSPS) is 16.1. The number of carbonyl (C=O) groups is 1. The van der Waals surface area contributed by atoms with Gasteiger partial charge in [0.25, 0.3) is 5.91 Å². The molecule has 0 spiro atoms. The number of pyridine rings is 1. The molecule has 2 heterocycles. The third-order valence-electron chi connectivity index (χ3n) is 3.91. The number of rotatable bonds is 2. The molecule has 1 saturated heterocycles. The minimum absolute atomic E-state index is 0.144. The Morgan fingerprint density at radius 3 is 2.35 bits per heavy atom. The van der Waals surface area contributed by atoms with Crippen molar-refractivity contribution in [2.75, 3.05) is 13.1 Å². The number of nitrogens with zero attached hydrogens (tertiary/aromatic N) is 2. The zero-order chi connectivity index (χ0) is 13.8. The molecule has 1 aliphatic rings.